The van der Waals surface area contributed by atoms with Crippen molar-refractivity contribution in [2.45, 2.75) is 12.5 Å². The highest BCUT2D eigenvalue weighted by atomic mass is 32.1. The Labute approximate surface area is 66.7 Å². The van der Waals surface area contributed by atoms with E-state index in [0.29, 0.717) is 0 Å². The van der Waals surface area contributed by atoms with Crippen LogP contribution in [0.2, 0.25) is 0 Å². The van der Waals surface area contributed by atoms with Crippen molar-refractivity contribution in [2.24, 2.45) is 5.73 Å². The van der Waals surface area contributed by atoms with Gasteiger partial charge in [0.15, 0.2) is 0 Å². The van der Waals surface area contributed by atoms with Gasteiger partial charge in [0.1, 0.15) is 0 Å². The molecule has 0 spiro atoms. The van der Waals surface area contributed by atoms with Crippen LogP contribution in [0.5, 0.6) is 0 Å². The number of nitrogens with two attached hydrogens (primary N) is 1. The average Bonchev–Trinajstić information content (AvgIpc) is 1.95. The van der Waals surface area contributed by atoms with Crippen molar-refractivity contribution >= 4 is 12.6 Å². The maximum Gasteiger partial charge on any atom is 0.0262 e. The van der Waals surface area contributed by atoms with Crippen molar-refractivity contribution in [1.29, 1.82) is 0 Å². The van der Waals surface area contributed by atoms with E-state index >= 15 is 0 Å². The second kappa shape index (κ2) is 3.64. The number of hydrogen-bond acceptors (Lipinski definition) is 2. The highest BCUT2D eigenvalue weighted by molar-refractivity contribution is 7.83. The number of hydrogen-bond donors (Lipinski definition) is 2. The Morgan fingerprint density at radius 1 is 1.70 bits per heavy atom. The summed E-state index contributed by atoms with van der Waals surface area (Å²) in [6.07, 6.45) is 9.01. The third kappa shape index (κ3) is 2.05. The number of rotatable bonds is 1. The molecular formula is C8H11NS. The predicted molar refractivity (Wildman–Crippen MR) is 47.9 cm³/mol. The summed E-state index contributed by atoms with van der Waals surface area (Å²) in [5, 5.41) is 1.73. The van der Waals surface area contributed by atoms with Crippen LogP contribution in [-0.2, 0) is 0 Å². The highest BCUT2D eigenvalue weighted by Crippen LogP contribution is 2.09. The molecule has 0 aromatic heterocycles. The maximum absolute atomic E-state index is 5.62. The first kappa shape index (κ1) is 7.63. The van der Waals surface area contributed by atoms with E-state index in [-0.39, 0.29) is 6.04 Å². The van der Waals surface area contributed by atoms with Gasteiger partial charge in [0.25, 0.3) is 0 Å². The largest absolute Gasteiger partial charge is 0.324 e. The lowest BCUT2D eigenvalue weighted by Crippen LogP contribution is -2.17. The van der Waals surface area contributed by atoms with Gasteiger partial charge in [-0.3, -0.25) is 0 Å². The molecule has 0 aliphatic heterocycles. The van der Waals surface area contributed by atoms with E-state index in [4.69, 9.17) is 5.73 Å². The van der Waals surface area contributed by atoms with Gasteiger partial charge in [0.05, 0.1) is 0 Å². The van der Waals surface area contributed by atoms with Crippen LogP contribution in [0, 0.1) is 0 Å². The van der Waals surface area contributed by atoms with Crippen molar-refractivity contribution < 1.29 is 0 Å². The lowest BCUT2D eigenvalue weighted by molar-refractivity contribution is 0.821. The average molecular weight is 153 g/mol. The first-order valence-electron chi connectivity index (χ1n) is 3.27. The minimum absolute atomic E-state index is 0.206. The van der Waals surface area contributed by atoms with E-state index in [1.165, 1.54) is 5.57 Å². The molecule has 0 aromatic rings. The zero-order chi connectivity index (χ0) is 7.40. The summed E-state index contributed by atoms with van der Waals surface area (Å²) in [4.78, 5) is 0. The lowest BCUT2D eigenvalue weighted by Gasteiger charge is -2.07. The summed E-state index contributed by atoms with van der Waals surface area (Å²) < 4.78 is 0. The van der Waals surface area contributed by atoms with Crippen LogP contribution in [0.3, 0.4) is 0 Å². The number of allylic oxidation sites excluding steroid dienone is 3. The molecule has 0 aromatic carbocycles. The first-order valence-corrected chi connectivity index (χ1v) is 3.79. The molecule has 0 radical (unpaired) electrons. The molecule has 54 valence electrons. The quantitative estimate of drug-likeness (QED) is 0.550. The summed E-state index contributed by atoms with van der Waals surface area (Å²) in [6, 6.07) is 0.206. The molecular weight excluding hydrogens is 142 g/mol. The first-order chi connectivity index (χ1) is 4.83. The summed E-state index contributed by atoms with van der Waals surface area (Å²) in [5.41, 5.74) is 6.81. The molecule has 1 rings (SSSR count). The smallest absolute Gasteiger partial charge is 0.0262 e. The Morgan fingerprint density at radius 3 is 3.00 bits per heavy atom. The molecule has 1 aliphatic carbocycles. The molecule has 2 heteroatoms. The maximum atomic E-state index is 5.62. The van der Waals surface area contributed by atoms with Crippen LogP contribution in [-0.4, -0.2) is 6.04 Å². The van der Waals surface area contributed by atoms with Gasteiger partial charge >= 0.3 is 0 Å². The topological polar surface area (TPSA) is 26.0 Å². The summed E-state index contributed by atoms with van der Waals surface area (Å²) in [7, 11) is 0. The SMILES string of the molecule is NC1C=CC(/C=C/S)=CC1. The van der Waals surface area contributed by atoms with Gasteiger partial charge in [0.2, 0.25) is 0 Å². The van der Waals surface area contributed by atoms with Crippen LogP contribution < -0.4 is 5.73 Å². The van der Waals surface area contributed by atoms with Gasteiger partial charge in [-0.1, -0.05) is 18.2 Å². The molecule has 1 atom stereocenters. The van der Waals surface area contributed by atoms with Crippen LogP contribution in [0.25, 0.3) is 0 Å². The summed E-state index contributed by atoms with van der Waals surface area (Å²) >= 11 is 3.97. The van der Waals surface area contributed by atoms with Gasteiger partial charge < -0.3 is 5.73 Å². The standard InChI is InChI=1S/C8H11NS/c9-8-3-1-7(2-4-8)5-6-10/h1-3,5-6,8,10H,4,9H2/b6-5+. The zero-order valence-corrected chi connectivity index (χ0v) is 6.59. The third-order valence-electron chi connectivity index (χ3n) is 1.43. The van der Waals surface area contributed by atoms with Crippen molar-refractivity contribution in [2.75, 3.05) is 0 Å². The van der Waals surface area contributed by atoms with Gasteiger partial charge in [-0.2, -0.15) is 12.6 Å². The molecule has 1 aliphatic rings. The second-order valence-electron chi connectivity index (χ2n) is 2.28. The van der Waals surface area contributed by atoms with Crippen molar-refractivity contribution in [1.82, 2.24) is 0 Å². The fourth-order valence-electron chi connectivity index (χ4n) is 0.863. The zero-order valence-electron chi connectivity index (χ0n) is 5.70. The Bertz CT molecular complexity index is 191. The summed E-state index contributed by atoms with van der Waals surface area (Å²) in [6.45, 7) is 0. The Balaban J connectivity index is 2.58. The Kier molecular flexibility index (Phi) is 2.78. The van der Waals surface area contributed by atoms with Gasteiger partial charge in [-0.15, -0.1) is 0 Å². The fourth-order valence-corrected chi connectivity index (χ4v) is 1.04. The normalized spacial score (nSPS) is 25.4. The van der Waals surface area contributed by atoms with Crippen LogP contribution in [0.1, 0.15) is 6.42 Å². The van der Waals surface area contributed by atoms with Crippen molar-refractivity contribution in [3.05, 3.63) is 35.3 Å². The van der Waals surface area contributed by atoms with Crippen molar-refractivity contribution in [3.63, 3.8) is 0 Å². The molecule has 0 fully saturated rings. The van der Waals surface area contributed by atoms with Crippen LogP contribution >= 0.6 is 12.6 Å². The molecule has 0 heterocycles. The monoisotopic (exact) mass is 153 g/mol. The Hall–Kier alpha value is -0.470. The van der Waals surface area contributed by atoms with Crippen LogP contribution in [0.4, 0.5) is 0 Å². The molecule has 2 N–H and O–H groups in total. The molecule has 1 nitrogen and oxygen atoms in total. The van der Waals surface area contributed by atoms with E-state index in [2.05, 4.69) is 18.7 Å². The van der Waals surface area contributed by atoms with E-state index in [9.17, 15) is 0 Å². The predicted octanol–water partition coefficient (Wildman–Crippen LogP) is 1.64. The lowest BCUT2D eigenvalue weighted by atomic mass is 10.0. The van der Waals surface area contributed by atoms with Gasteiger partial charge in [-0.25, -0.2) is 0 Å². The Morgan fingerprint density at radius 2 is 2.50 bits per heavy atom. The molecule has 10 heavy (non-hydrogen) atoms. The van der Waals surface area contributed by atoms with Crippen molar-refractivity contribution in [3.8, 4) is 0 Å². The minimum atomic E-state index is 0.206. The third-order valence-corrected chi connectivity index (χ3v) is 1.58. The summed E-state index contributed by atoms with van der Waals surface area (Å²) in [5.74, 6) is 0. The molecule has 0 bridgehead atoms. The van der Waals surface area contributed by atoms with Gasteiger partial charge in [-0.05, 0) is 23.5 Å². The number of thiol groups is 1. The van der Waals surface area contributed by atoms with E-state index in [0.717, 1.165) is 6.42 Å². The van der Waals surface area contributed by atoms with E-state index in [1.807, 2.05) is 18.2 Å². The molecule has 0 saturated heterocycles. The van der Waals surface area contributed by atoms with Gasteiger partial charge in [0, 0.05) is 6.04 Å². The molecule has 1 unspecified atom stereocenters. The molecule has 0 saturated carbocycles. The van der Waals surface area contributed by atoms with E-state index < -0.39 is 0 Å². The highest BCUT2D eigenvalue weighted by Gasteiger charge is 1.99. The minimum Gasteiger partial charge on any atom is -0.324 e. The van der Waals surface area contributed by atoms with E-state index in [1.54, 1.807) is 5.41 Å². The fraction of sp³-hybridized carbons (Fsp3) is 0.250. The second-order valence-corrected chi connectivity index (χ2v) is 2.58. The van der Waals surface area contributed by atoms with Crippen LogP contribution in [0.15, 0.2) is 35.3 Å². The molecule has 0 amide bonds.